The SMILES string of the molecule is COCCN1CCC[C@@H](CNC(=O)c2cnc[nH]2)C1. The molecule has 1 fully saturated rings. The molecule has 1 aliphatic rings. The van der Waals surface area contributed by atoms with Crippen LogP contribution in [-0.4, -0.2) is 60.7 Å². The van der Waals surface area contributed by atoms with E-state index in [2.05, 4.69) is 20.2 Å². The molecule has 0 saturated carbocycles. The first-order valence-corrected chi connectivity index (χ1v) is 6.77. The minimum absolute atomic E-state index is 0.0773. The standard InChI is InChI=1S/C13H22N4O2/c1-19-6-5-17-4-2-3-11(9-17)7-15-13(18)12-8-14-10-16-12/h8,10-11H,2-7,9H2,1H3,(H,14,16)(H,15,18)/t11-/m0/s1. The molecule has 1 atom stereocenters. The van der Waals surface area contributed by atoms with Crippen LogP contribution in [0.15, 0.2) is 12.5 Å². The zero-order chi connectivity index (χ0) is 13.5. The number of likely N-dealkylation sites (tertiary alicyclic amines) is 1. The van der Waals surface area contributed by atoms with Crippen molar-refractivity contribution in [2.45, 2.75) is 12.8 Å². The van der Waals surface area contributed by atoms with Crippen LogP contribution in [0.25, 0.3) is 0 Å². The van der Waals surface area contributed by atoms with Crippen LogP contribution in [0.3, 0.4) is 0 Å². The number of amides is 1. The molecule has 0 aromatic carbocycles. The summed E-state index contributed by atoms with van der Waals surface area (Å²) < 4.78 is 5.10. The minimum Gasteiger partial charge on any atom is -0.383 e. The number of nitrogens with one attached hydrogen (secondary N) is 2. The summed E-state index contributed by atoms with van der Waals surface area (Å²) in [6, 6.07) is 0. The van der Waals surface area contributed by atoms with Crippen molar-refractivity contribution in [2.24, 2.45) is 5.92 Å². The Morgan fingerprint density at radius 3 is 3.32 bits per heavy atom. The second kappa shape index (κ2) is 7.25. The van der Waals surface area contributed by atoms with Gasteiger partial charge in [0.15, 0.2) is 0 Å². The van der Waals surface area contributed by atoms with Crippen LogP contribution in [0.1, 0.15) is 23.3 Å². The van der Waals surface area contributed by atoms with Gasteiger partial charge in [0.1, 0.15) is 5.69 Å². The molecular weight excluding hydrogens is 244 g/mol. The van der Waals surface area contributed by atoms with E-state index in [1.807, 2.05) is 0 Å². The van der Waals surface area contributed by atoms with Crippen LogP contribution >= 0.6 is 0 Å². The van der Waals surface area contributed by atoms with Crippen LogP contribution in [0, 0.1) is 5.92 Å². The van der Waals surface area contributed by atoms with Gasteiger partial charge in [-0.2, -0.15) is 0 Å². The molecule has 106 valence electrons. The van der Waals surface area contributed by atoms with Gasteiger partial charge in [-0.15, -0.1) is 0 Å². The third-order valence-electron chi connectivity index (χ3n) is 3.51. The largest absolute Gasteiger partial charge is 0.383 e. The highest BCUT2D eigenvalue weighted by Crippen LogP contribution is 2.15. The van der Waals surface area contributed by atoms with E-state index < -0.39 is 0 Å². The molecule has 2 N–H and O–H groups in total. The van der Waals surface area contributed by atoms with E-state index >= 15 is 0 Å². The van der Waals surface area contributed by atoms with E-state index in [1.165, 1.54) is 19.2 Å². The summed E-state index contributed by atoms with van der Waals surface area (Å²) in [4.78, 5) is 20.8. The summed E-state index contributed by atoms with van der Waals surface area (Å²) in [5.41, 5.74) is 0.520. The van der Waals surface area contributed by atoms with E-state index in [0.717, 1.165) is 32.8 Å². The number of ether oxygens (including phenoxy) is 1. The predicted molar refractivity (Wildman–Crippen MR) is 72.0 cm³/mol. The summed E-state index contributed by atoms with van der Waals surface area (Å²) in [5.74, 6) is 0.448. The fourth-order valence-electron chi connectivity index (χ4n) is 2.45. The van der Waals surface area contributed by atoms with Crippen LogP contribution in [-0.2, 0) is 4.74 Å². The highest BCUT2D eigenvalue weighted by atomic mass is 16.5. The van der Waals surface area contributed by atoms with Crippen LogP contribution < -0.4 is 5.32 Å². The summed E-state index contributed by atoms with van der Waals surface area (Å²) in [7, 11) is 1.73. The number of aromatic nitrogens is 2. The number of aromatic amines is 1. The normalized spacial score (nSPS) is 20.4. The monoisotopic (exact) mass is 266 g/mol. The Kier molecular flexibility index (Phi) is 5.35. The highest BCUT2D eigenvalue weighted by Gasteiger charge is 2.20. The molecule has 2 heterocycles. The summed E-state index contributed by atoms with van der Waals surface area (Å²) >= 11 is 0. The lowest BCUT2D eigenvalue weighted by atomic mass is 9.98. The highest BCUT2D eigenvalue weighted by molar-refractivity contribution is 5.91. The number of hydrogen-bond acceptors (Lipinski definition) is 4. The lowest BCUT2D eigenvalue weighted by Gasteiger charge is -2.32. The lowest BCUT2D eigenvalue weighted by Crippen LogP contribution is -2.42. The van der Waals surface area contributed by atoms with E-state index in [-0.39, 0.29) is 5.91 Å². The predicted octanol–water partition coefficient (Wildman–Crippen LogP) is 0.498. The molecule has 0 aliphatic carbocycles. The van der Waals surface area contributed by atoms with Gasteiger partial charge in [-0.3, -0.25) is 4.79 Å². The van der Waals surface area contributed by atoms with Crippen molar-refractivity contribution >= 4 is 5.91 Å². The summed E-state index contributed by atoms with van der Waals surface area (Å²) in [6.45, 7) is 4.64. The Balaban J connectivity index is 1.72. The molecule has 0 unspecified atom stereocenters. The summed E-state index contributed by atoms with van der Waals surface area (Å²) in [5, 5.41) is 2.96. The van der Waals surface area contributed by atoms with Gasteiger partial charge in [-0.1, -0.05) is 0 Å². The average Bonchev–Trinajstić information content (AvgIpc) is 2.97. The maximum Gasteiger partial charge on any atom is 0.269 e. The molecule has 1 saturated heterocycles. The number of rotatable bonds is 6. The molecule has 1 amide bonds. The first-order valence-electron chi connectivity index (χ1n) is 6.77. The third-order valence-corrected chi connectivity index (χ3v) is 3.51. The van der Waals surface area contributed by atoms with Gasteiger partial charge in [0.2, 0.25) is 0 Å². The molecule has 0 radical (unpaired) electrons. The number of nitrogens with zero attached hydrogens (tertiary/aromatic N) is 2. The first-order chi connectivity index (χ1) is 9.29. The van der Waals surface area contributed by atoms with Gasteiger partial charge in [-0.25, -0.2) is 4.98 Å². The van der Waals surface area contributed by atoms with Gasteiger partial charge in [-0.05, 0) is 25.3 Å². The Bertz CT molecular complexity index is 380. The van der Waals surface area contributed by atoms with Crippen LogP contribution in [0.2, 0.25) is 0 Å². The topological polar surface area (TPSA) is 70.2 Å². The Morgan fingerprint density at radius 1 is 1.68 bits per heavy atom. The van der Waals surface area contributed by atoms with E-state index in [9.17, 15) is 4.79 Å². The van der Waals surface area contributed by atoms with Gasteiger partial charge in [0.25, 0.3) is 5.91 Å². The Labute approximate surface area is 113 Å². The van der Waals surface area contributed by atoms with Crippen molar-refractivity contribution in [3.63, 3.8) is 0 Å². The molecule has 0 bridgehead atoms. The number of hydrogen-bond donors (Lipinski definition) is 2. The number of carbonyl (C=O) groups is 1. The number of methoxy groups -OCH3 is 1. The Morgan fingerprint density at radius 2 is 2.58 bits per heavy atom. The molecule has 6 heteroatoms. The third kappa shape index (κ3) is 4.33. The van der Waals surface area contributed by atoms with Gasteiger partial charge in [0.05, 0.1) is 19.1 Å². The first kappa shape index (κ1) is 14.0. The maximum absolute atomic E-state index is 11.8. The van der Waals surface area contributed by atoms with Crippen molar-refractivity contribution in [3.05, 3.63) is 18.2 Å². The smallest absolute Gasteiger partial charge is 0.269 e. The molecule has 6 nitrogen and oxygen atoms in total. The van der Waals surface area contributed by atoms with Crippen LogP contribution in [0.5, 0.6) is 0 Å². The zero-order valence-corrected chi connectivity index (χ0v) is 11.4. The van der Waals surface area contributed by atoms with Crippen molar-refractivity contribution in [1.29, 1.82) is 0 Å². The second-order valence-electron chi connectivity index (χ2n) is 4.98. The molecule has 0 spiro atoms. The van der Waals surface area contributed by atoms with E-state index in [1.54, 1.807) is 13.3 Å². The van der Waals surface area contributed by atoms with Gasteiger partial charge >= 0.3 is 0 Å². The van der Waals surface area contributed by atoms with Crippen molar-refractivity contribution in [2.75, 3.05) is 39.9 Å². The van der Waals surface area contributed by atoms with Crippen LogP contribution in [0.4, 0.5) is 0 Å². The molecule has 2 rings (SSSR count). The molecular formula is C13H22N4O2. The van der Waals surface area contributed by atoms with E-state index in [4.69, 9.17) is 4.74 Å². The number of piperidine rings is 1. The lowest BCUT2D eigenvalue weighted by molar-refractivity contribution is 0.0909. The van der Waals surface area contributed by atoms with Crippen molar-refractivity contribution in [1.82, 2.24) is 20.2 Å². The van der Waals surface area contributed by atoms with Gasteiger partial charge in [0, 0.05) is 26.7 Å². The number of H-pyrrole nitrogens is 1. The second-order valence-corrected chi connectivity index (χ2v) is 4.98. The molecule has 1 aliphatic heterocycles. The van der Waals surface area contributed by atoms with Crippen molar-refractivity contribution in [3.8, 4) is 0 Å². The Hall–Kier alpha value is -1.40. The number of carbonyl (C=O) groups excluding carboxylic acids is 1. The average molecular weight is 266 g/mol. The molecule has 19 heavy (non-hydrogen) atoms. The minimum atomic E-state index is -0.0773. The quantitative estimate of drug-likeness (QED) is 0.786. The summed E-state index contributed by atoms with van der Waals surface area (Å²) in [6.07, 6.45) is 5.42. The molecule has 1 aromatic rings. The van der Waals surface area contributed by atoms with Gasteiger partial charge < -0.3 is 19.9 Å². The van der Waals surface area contributed by atoms with E-state index in [0.29, 0.717) is 11.6 Å². The molecule has 1 aromatic heterocycles. The van der Waals surface area contributed by atoms with Crippen molar-refractivity contribution < 1.29 is 9.53 Å². The number of imidazole rings is 1. The fraction of sp³-hybridized carbons (Fsp3) is 0.692. The fourth-order valence-corrected chi connectivity index (χ4v) is 2.45. The zero-order valence-electron chi connectivity index (χ0n) is 11.4. The maximum atomic E-state index is 11.8.